The second kappa shape index (κ2) is 11.0. The highest BCUT2D eigenvalue weighted by Gasteiger charge is 2.71. The summed E-state index contributed by atoms with van der Waals surface area (Å²) in [6.45, 7) is 3.07. The van der Waals surface area contributed by atoms with Gasteiger partial charge in [0.1, 0.15) is 17.4 Å². The molecule has 1 spiro atoms. The molecule has 1 unspecified atom stereocenters. The Morgan fingerprint density at radius 2 is 1.61 bits per heavy atom. The van der Waals surface area contributed by atoms with E-state index in [9.17, 15) is 19.5 Å². The van der Waals surface area contributed by atoms with E-state index >= 15 is 0 Å². The number of benzene rings is 2. The number of aliphatic hydroxyl groups is 1. The van der Waals surface area contributed by atoms with Crippen LogP contribution >= 0.6 is 11.6 Å². The number of carbonyl (C=O) groups is 3. The number of carbonyl (C=O) groups excluding carboxylic acids is 3. The minimum Gasteiger partial charge on any atom is -0.494 e. The van der Waals surface area contributed by atoms with Crippen molar-refractivity contribution in [2.45, 2.75) is 31.1 Å². The number of hydrogen-bond donors (Lipinski definition) is 1. The summed E-state index contributed by atoms with van der Waals surface area (Å²) in [5, 5.41) is 10.1. The van der Waals surface area contributed by atoms with Crippen LogP contribution < -0.4 is 14.5 Å². The van der Waals surface area contributed by atoms with Crippen LogP contribution in [0.25, 0.3) is 0 Å². The number of nitrogens with zero attached hydrogens (tertiary/aromatic N) is 3. The highest BCUT2D eigenvalue weighted by molar-refractivity contribution is 6.30. The fraction of sp³-hybridized carbons (Fsp3) is 0.387. The van der Waals surface area contributed by atoms with Crippen molar-refractivity contribution in [3.63, 3.8) is 0 Å². The summed E-state index contributed by atoms with van der Waals surface area (Å²) >= 11 is 6.09. The highest BCUT2D eigenvalue weighted by atomic mass is 35.5. The second-order valence-corrected chi connectivity index (χ2v) is 11.0. The molecule has 2 saturated heterocycles. The summed E-state index contributed by atoms with van der Waals surface area (Å²) in [4.78, 5) is 47.5. The number of anilines is 2. The molecule has 0 aromatic heterocycles. The van der Waals surface area contributed by atoms with Crippen LogP contribution in [-0.2, 0) is 19.1 Å². The molecular weight excluding hydrogens is 546 g/mol. The predicted molar refractivity (Wildman–Crippen MR) is 154 cm³/mol. The first-order valence-electron chi connectivity index (χ1n) is 13.9. The lowest BCUT2D eigenvalue weighted by Crippen LogP contribution is -2.55. The number of amides is 3. The maximum Gasteiger partial charge on any atom is 0.253 e. The van der Waals surface area contributed by atoms with E-state index in [4.69, 9.17) is 21.1 Å². The third kappa shape index (κ3) is 4.52. The van der Waals surface area contributed by atoms with Crippen molar-refractivity contribution >= 4 is 40.7 Å². The fourth-order valence-corrected chi connectivity index (χ4v) is 6.72. The van der Waals surface area contributed by atoms with Gasteiger partial charge in [-0.2, -0.15) is 0 Å². The molecule has 2 fully saturated rings. The van der Waals surface area contributed by atoms with Gasteiger partial charge in [-0.25, -0.2) is 0 Å². The van der Waals surface area contributed by atoms with Crippen molar-refractivity contribution in [3.05, 3.63) is 77.9 Å². The lowest BCUT2D eigenvalue weighted by atomic mass is 9.77. The van der Waals surface area contributed by atoms with Crippen LogP contribution in [0.5, 0.6) is 5.75 Å². The molecule has 41 heavy (non-hydrogen) atoms. The topological polar surface area (TPSA) is 99.6 Å². The molecule has 9 nitrogen and oxygen atoms in total. The lowest BCUT2D eigenvalue weighted by molar-refractivity contribution is -0.140. The van der Waals surface area contributed by atoms with E-state index < -0.39 is 29.6 Å². The zero-order chi connectivity index (χ0) is 28.7. The molecule has 2 aromatic carbocycles. The molecule has 5 atom stereocenters. The van der Waals surface area contributed by atoms with Crippen molar-refractivity contribution in [2.24, 2.45) is 11.8 Å². The van der Waals surface area contributed by atoms with Crippen LogP contribution in [0.4, 0.5) is 11.4 Å². The Kier molecular flexibility index (Phi) is 7.36. The number of ether oxygens (including phenoxy) is 2. The second-order valence-electron chi connectivity index (χ2n) is 10.6. The van der Waals surface area contributed by atoms with Gasteiger partial charge >= 0.3 is 0 Å². The van der Waals surface area contributed by atoms with Gasteiger partial charge < -0.3 is 29.3 Å². The molecule has 1 N–H and O–H groups in total. The summed E-state index contributed by atoms with van der Waals surface area (Å²) < 4.78 is 12.2. The molecule has 0 radical (unpaired) electrons. The Morgan fingerprint density at radius 1 is 0.951 bits per heavy atom. The first-order chi connectivity index (χ1) is 19.9. The summed E-state index contributed by atoms with van der Waals surface area (Å²) in [6.07, 6.45) is 6.99. The Hall–Kier alpha value is -3.66. The van der Waals surface area contributed by atoms with Crippen LogP contribution in [0.2, 0.25) is 5.02 Å². The maximum absolute atomic E-state index is 14.3. The number of rotatable bonds is 7. The van der Waals surface area contributed by atoms with Crippen LogP contribution in [-0.4, -0.2) is 78.3 Å². The van der Waals surface area contributed by atoms with Crippen LogP contribution in [0.3, 0.4) is 0 Å². The molecular formula is C31H32ClN3O6. The normalized spacial score (nSPS) is 28.9. The molecule has 3 amide bonds. The highest BCUT2D eigenvalue weighted by Crippen LogP contribution is 2.53. The smallest absolute Gasteiger partial charge is 0.253 e. The van der Waals surface area contributed by atoms with Crippen LogP contribution in [0, 0.1) is 11.8 Å². The Bertz CT molecular complexity index is 1390. The van der Waals surface area contributed by atoms with Gasteiger partial charge in [0.25, 0.3) is 5.91 Å². The fourth-order valence-electron chi connectivity index (χ4n) is 6.59. The van der Waals surface area contributed by atoms with Crippen LogP contribution in [0.15, 0.2) is 72.8 Å². The molecule has 4 heterocycles. The summed E-state index contributed by atoms with van der Waals surface area (Å²) in [5.74, 6) is -1.88. The van der Waals surface area contributed by atoms with Crippen molar-refractivity contribution in [2.75, 3.05) is 42.6 Å². The van der Waals surface area contributed by atoms with E-state index in [-0.39, 0.29) is 37.4 Å². The zero-order valence-corrected chi connectivity index (χ0v) is 23.4. The molecule has 214 valence electrons. The van der Waals surface area contributed by atoms with Gasteiger partial charge in [0, 0.05) is 42.6 Å². The molecule has 6 rings (SSSR count). The standard InChI is InChI=1S/C31H32ClN3O6/c1-2-40-23-13-11-22(12-14-23)33-16-3-6-24-25(28(33)37)26-29(38)35(18-5-19-36)27-30(39)34(17-4-15-31(26,27)41-24)21-9-7-20(32)8-10-21/h3-4,6-15,24-27,36H,2,5,16-19H2,1H3/t24-,25+,26-,27?,31-/m0/s1. The average molecular weight is 578 g/mol. The maximum atomic E-state index is 14.3. The first-order valence-corrected chi connectivity index (χ1v) is 14.3. The van der Waals surface area contributed by atoms with Gasteiger partial charge in [-0.1, -0.05) is 35.9 Å². The lowest BCUT2D eigenvalue weighted by Gasteiger charge is -2.35. The third-order valence-corrected chi connectivity index (χ3v) is 8.57. The number of likely N-dealkylation sites (tertiary alicyclic amines) is 1. The quantitative estimate of drug-likeness (QED) is 0.508. The van der Waals surface area contributed by atoms with Crippen LogP contribution in [0.1, 0.15) is 13.3 Å². The van der Waals surface area contributed by atoms with E-state index in [2.05, 4.69) is 0 Å². The predicted octanol–water partition coefficient (Wildman–Crippen LogP) is 3.21. The number of halogens is 1. The summed E-state index contributed by atoms with van der Waals surface area (Å²) in [7, 11) is 0. The molecule has 0 aliphatic carbocycles. The third-order valence-electron chi connectivity index (χ3n) is 8.31. The number of fused-ring (bicyclic) bond motifs is 2. The van der Waals surface area contributed by atoms with Gasteiger partial charge in [0.15, 0.2) is 0 Å². The molecule has 2 aromatic rings. The number of aliphatic hydroxyl groups excluding tert-OH is 1. The first kappa shape index (κ1) is 27.5. The minimum absolute atomic E-state index is 0.140. The van der Waals surface area contributed by atoms with Gasteiger partial charge in [0.2, 0.25) is 11.8 Å². The van der Waals surface area contributed by atoms with E-state index in [0.29, 0.717) is 41.7 Å². The van der Waals surface area contributed by atoms with E-state index in [1.165, 1.54) is 4.90 Å². The van der Waals surface area contributed by atoms with Gasteiger partial charge in [-0.15, -0.1) is 0 Å². The molecule has 0 saturated carbocycles. The average Bonchev–Trinajstić information content (AvgIpc) is 3.28. The van der Waals surface area contributed by atoms with Gasteiger partial charge in [-0.3, -0.25) is 14.4 Å². The van der Waals surface area contributed by atoms with Crippen molar-refractivity contribution in [1.29, 1.82) is 0 Å². The minimum atomic E-state index is -1.33. The van der Waals surface area contributed by atoms with Crippen molar-refractivity contribution < 1.29 is 29.0 Å². The van der Waals surface area contributed by atoms with E-state index in [0.717, 1.165) is 0 Å². The molecule has 4 aliphatic heterocycles. The van der Waals surface area contributed by atoms with E-state index in [1.807, 2.05) is 55.5 Å². The van der Waals surface area contributed by atoms with Crippen molar-refractivity contribution in [1.82, 2.24) is 4.90 Å². The van der Waals surface area contributed by atoms with E-state index in [1.54, 1.807) is 34.1 Å². The largest absolute Gasteiger partial charge is 0.494 e. The summed E-state index contributed by atoms with van der Waals surface area (Å²) in [5.41, 5.74) is -0.00342. The number of hydrogen-bond acceptors (Lipinski definition) is 6. The molecule has 10 heteroatoms. The Balaban J connectivity index is 1.39. The van der Waals surface area contributed by atoms with Gasteiger partial charge in [-0.05, 0) is 61.9 Å². The Morgan fingerprint density at radius 3 is 2.29 bits per heavy atom. The van der Waals surface area contributed by atoms with Gasteiger partial charge in [0.05, 0.1) is 24.5 Å². The Labute approximate surface area is 243 Å². The monoisotopic (exact) mass is 577 g/mol. The zero-order valence-electron chi connectivity index (χ0n) is 22.7. The van der Waals surface area contributed by atoms with Crippen molar-refractivity contribution in [3.8, 4) is 5.75 Å². The SMILES string of the molecule is CCOc1ccc(N2CC=C[C@@H]3O[C@]45C=CCN(c6ccc(Cl)cc6)C(=O)C4N(CCCO)C(=O)[C@@H]5[C@@H]3C2=O)cc1. The summed E-state index contributed by atoms with van der Waals surface area (Å²) in [6, 6.07) is 13.2. The molecule has 0 bridgehead atoms. The molecule has 4 aliphatic rings.